The van der Waals surface area contributed by atoms with E-state index < -0.39 is 0 Å². The summed E-state index contributed by atoms with van der Waals surface area (Å²) in [5, 5.41) is 13.0. The average Bonchev–Trinajstić information content (AvgIpc) is 3.33. The van der Waals surface area contributed by atoms with Crippen LogP contribution in [0.4, 0.5) is 10.7 Å². The lowest BCUT2D eigenvalue weighted by Gasteiger charge is -2.13. The molecule has 0 saturated heterocycles. The Labute approximate surface area is 205 Å². The number of hydrogen-bond acceptors (Lipinski definition) is 5. The van der Waals surface area contributed by atoms with Crippen LogP contribution < -0.4 is 10.6 Å². The minimum atomic E-state index is -0.301. The number of nitrogens with one attached hydrogen (secondary N) is 2. The number of esters is 1. The number of aromatic nitrogens is 2. The summed E-state index contributed by atoms with van der Waals surface area (Å²) >= 11 is 19.3. The second-order valence-corrected chi connectivity index (χ2v) is 9.73. The van der Waals surface area contributed by atoms with Gasteiger partial charge < -0.3 is 15.4 Å². The molecule has 0 fully saturated rings. The standard InChI is InChI=1S/C22H22Cl2N4O2S2/c1-2-30-21(29)19-16-5-3-4-6-18(16)32-20(19)27-22(31)26-15-10-25-28(12-15)11-13-7-8-14(23)9-17(13)24/h7-10,12H,2-6,11H2,1H3,(H2,26,27,31). The maximum absolute atomic E-state index is 12.6. The van der Waals surface area contributed by atoms with Gasteiger partial charge in [-0.3, -0.25) is 4.68 Å². The topological polar surface area (TPSA) is 68.2 Å². The van der Waals surface area contributed by atoms with Gasteiger partial charge in [-0.25, -0.2) is 4.79 Å². The Bertz CT molecular complexity index is 1160. The fourth-order valence-corrected chi connectivity index (χ4v) is 5.71. The molecule has 0 amide bonds. The van der Waals surface area contributed by atoms with Gasteiger partial charge in [0.1, 0.15) is 5.00 Å². The molecule has 0 atom stereocenters. The highest BCUT2D eigenvalue weighted by Gasteiger charge is 2.26. The zero-order valence-corrected chi connectivity index (χ0v) is 20.6. The van der Waals surface area contributed by atoms with Gasteiger partial charge in [0.05, 0.1) is 30.6 Å². The third-order valence-electron chi connectivity index (χ3n) is 5.12. The van der Waals surface area contributed by atoms with Gasteiger partial charge in [0.25, 0.3) is 0 Å². The first-order chi connectivity index (χ1) is 15.4. The van der Waals surface area contributed by atoms with Gasteiger partial charge in [-0.15, -0.1) is 11.3 Å². The molecule has 0 radical (unpaired) electrons. The number of carbonyl (C=O) groups is 1. The van der Waals surface area contributed by atoms with Crippen LogP contribution in [-0.4, -0.2) is 27.5 Å². The summed E-state index contributed by atoms with van der Waals surface area (Å²) in [5.41, 5.74) is 3.35. The molecule has 3 aromatic rings. The van der Waals surface area contributed by atoms with Crippen molar-refractivity contribution in [2.75, 3.05) is 17.2 Å². The lowest BCUT2D eigenvalue weighted by Crippen LogP contribution is -2.20. The number of thiocarbonyl (C=S) groups is 1. The highest BCUT2D eigenvalue weighted by molar-refractivity contribution is 7.80. The molecule has 0 saturated carbocycles. The predicted octanol–water partition coefficient (Wildman–Crippen LogP) is 6.16. The number of fused-ring (bicyclic) bond motifs is 1. The molecule has 0 aliphatic heterocycles. The van der Waals surface area contributed by atoms with E-state index >= 15 is 0 Å². The van der Waals surface area contributed by atoms with E-state index in [-0.39, 0.29) is 5.97 Å². The van der Waals surface area contributed by atoms with Gasteiger partial charge in [0, 0.05) is 21.1 Å². The maximum Gasteiger partial charge on any atom is 0.341 e. The second kappa shape index (κ2) is 10.2. The van der Waals surface area contributed by atoms with Crippen LogP contribution in [0, 0.1) is 0 Å². The third-order valence-corrected chi connectivity index (χ3v) is 7.11. The van der Waals surface area contributed by atoms with E-state index in [4.69, 9.17) is 40.2 Å². The van der Waals surface area contributed by atoms with Crippen LogP contribution in [0.25, 0.3) is 0 Å². The van der Waals surface area contributed by atoms with Gasteiger partial charge in [-0.1, -0.05) is 29.3 Å². The SMILES string of the molecule is CCOC(=O)c1c(NC(=S)Nc2cnn(Cc3ccc(Cl)cc3Cl)c2)sc2c1CCCC2. The summed E-state index contributed by atoms with van der Waals surface area (Å²) in [6.07, 6.45) is 7.61. The molecule has 4 rings (SSSR count). The van der Waals surface area contributed by atoms with Crippen molar-refractivity contribution in [2.45, 2.75) is 39.2 Å². The fraction of sp³-hybridized carbons (Fsp3) is 0.318. The Hall–Kier alpha value is -2.13. The second-order valence-electron chi connectivity index (χ2n) is 7.38. The molecule has 32 heavy (non-hydrogen) atoms. The average molecular weight is 509 g/mol. The summed E-state index contributed by atoms with van der Waals surface area (Å²) in [5.74, 6) is -0.301. The maximum atomic E-state index is 12.6. The predicted molar refractivity (Wildman–Crippen MR) is 135 cm³/mol. The van der Waals surface area contributed by atoms with Crippen LogP contribution in [0.2, 0.25) is 10.0 Å². The van der Waals surface area contributed by atoms with Gasteiger partial charge in [0.15, 0.2) is 5.11 Å². The summed E-state index contributed by atoms with van der Waals surface area (Å²) in [6, 6.07) is 5.38. The van der Waals surface area contributed by atoms with E-state index in [9.17, 15) is 4.79 Å². The van der Waals surface area contributed by atoms with Crippen molar-refractivity contribution in [3.63, 3.8) is 0 Å². The lowest BCUT2D eigenvalue weighted by molar-refractivity contribution is 0.0526. The molecule has 0 bridgehead atoms. The number of thiophene rings is 1. The lowest BCUT2D eigenvalue weighted by atomic mass is 9.95. The Morgan fingerprint density at radius 1 is 1.28 bits per heavy atom. The Balaban J connectivity index is 1.45. The van der Waals surface area contributed by atoms with E-state index in [1.807, 2.05) is 19.2 Å². The van der Waals surface area contributed by atoms with E-state index in [1.54, 1.807) is 34.3 Å². The van der Waals surface area contributed by atoms with Gasteiger partial charge in [-0.2, -0.15) is 5.10 Å². The van der Waals surface area contributed by atoms with Crippen molar-refractivity contribution in [3.8, 4) is 0 Å². The monoisotopic (exact) mass is 508 g/mol. The van der Waals surface area contributed by atoms with Crippen molar-refractivity contribution >= 4 is 68.5 Å². The molecule has 10 heteroatoms. The van der Waals surface area contributed by atoms with Crippen LogP contribution in [0.15, 0.2) is 30.6 Å². The van der Waals surface area contributed by atoms with E-state index in [1.165, 1.54) is 4.88 Å². The molecule has 2 N–H and O–H groups in total. The number of carbonyl (C=O) groups excluding carboxylic acids is 1. The van der Waals surface area contributed by atoms with Gasteiger partial charge in [0.2, 0.25) is 0 Å². The van der Waals surface area contributed by atoms with Crippen molar-refractivity contribution < 1.29 is 9.53 Å². The van der Waals surface area contributed by atoms with Crippen molar-refractivity contribution in [2.24, 2.45) is 0 Å². The van der Waals surface area contributed by atoms with Gasteiger partial charge >= 0.3 is 5.97 Å². The minimum Gasteiger partial charge on any atom is -0.462 e. The zero-order valence-electron chi connectivity index (χ0n) is 17.4. The van der Waals surface area contributed by atoms with E-state index in [0.717, 1.165) is 47.5 Å². The summed E-state index contributed by atoms with van der Waals surface area (Å²) < 4.78 is 7.06. The first-order valence-electron chi connectivity index (χ1n) is 10.3. The molecule has 1 aliphatic carbocycles. The first-order valence-corrected chi connectivity index (χ1v) is 12.3. The molecule has 0 spiro atoms. The Morgan fingerprint density at radius 3 is 2.88 bits per heavy atom. The van der Waals surface area contributed by atoms with E-state index in [2.05, 4.69) is 15.7 Å². The van der Waals surface area contributed by atoms with Crippen molar-refractivity contribution in [1.82, 2.24) is 9.78 Å². The Kier molecular flexibility index (Phi) is 7.35. The molecule has 168 valence electrons. The number of anilines is 2. The minimum absolute atomic E-state index is 0.301. The number of rotatable bonds is 6. The largest absolute Gasteiger partial charge is 0.462 e. The van der Waals surface area contributed by atoms with Crippen LogP contribution >= 0.6 is 46.8 Å². The third kappa shape index (κ3) is 5.26. The van der Waals surface area contributed by atoms with Crippen LogP contribution in [0.3, 0.4) is 0 Å². The number of ether oxygens (including phenoxy) is 1. The van der Waals surface area contributed by atoms with Gasteiger partial charge in [-0.05, 0) is 68.1 Å². The van der Waals surface area contributed by atoms with Crippen LogP contribution in [0.5, 0.6) is 0 Å². The Morgan fingerprint density at radius 2 is 2.09 bits per heavy atom. The number of hydrogen-bond donors (Lipinski definition) is 2. The van der Waals surface area contributed by atoms with Crippen molar-refractivity contribution in [3.05, 3.63) is 62.2 Å². The summed E-state index contributed by atoms with van der Waals surface area (Å²) in [7, 11) is 0. The molecule has 2 aromatic heterocycles. The highest BCUT2D eigenvalue weighted by Crippen LogP contribution is 2.38. The quantitative estimate of drug-likeness (QED) is 0.306. The highest BCUT2D eigenvalue weighted by atomic mass is 35.5. The van der Waals surface area contributed by atoms with Crippen molar-refractivity contribution in [1.29, 1.82) is 0 Å². The molecule has 0 unspecified atom stereocenters. The number of nitrogens with zero attached hydrogens (tertiary/aromatic N) is 2. The number of aryl methyl sites for hydroxylation is 1. The molecule has 1 aliphatic rings. The molecule has 2 heterocycles. The van der Waals surface area contributed by atoms with Crippen LogP contribution in [-0.2, 0) is 24.1 Å². The summed E-state index contributed by atoms with van der Waals surface area (Å²) in [4.78, 5) is 13.8. The van der Waals surface area contributed by atoms with Crippen LogP contribution in [0.1, 0.15) is 46.1 Å². The zero-order chi connectivity index (χ0) is 22.7. The molecular formula is C22H22Cl2N4O2S2. The molecule has 1 aromatic carbocycles. The fourth-order valence-electron chi connectivity index (χ4n) is 3.68. The summed E-state index contributed by atoms with van der Waals surface area (Å²) in [6.45, 7) is 2.65. The molecule has 6 nitrogen and oxygen atoms in total. The number of benzene rings is 1. The smallest absolute Gasteiger partial charge is 0.341 e. The van der Waals surface area contributed by atoms with E-state index in [0.29, 0.717) is 33.9 Å². The normalized spacial score (nSPS) is 12.8. The molecular weight excluding hydrogens is 487 g/mol. The first kappa shape index (κ1) is 23.0. The number of halogens is 2.